The van der Waals surface area contributed by atoms with E-state index < -0.39 is 93.7 Å². The first-order chi connectivity index (χ1) is 63.7. The molecule has 0 N–H and O–H groups in total. The normalized spacial score (nSPS) is 12.4. The molecule has 9 rings (SSSR count). The molecule has 792 valence electrons. The van der Waals surface area contributed by atoms with Crippen molar-refractivity contribution >= 4 is 142 Å². The Morgan fingerprint density at radius 1 is 0.268 bits per heavy atom. The second kappa shape index (κ2) is 62.6. The van der Waals surface area contributed by atoms with Crippen LogP contribution in [0.5, 0.6) is 51.7 Å². The summed E-state index contributed by atoms with van der Waals surface area (Å²) in [5.41, 5.74) is 7.52. The highest BCUT2D eigenvalue weighted by atomic mass is 79.9. The van der Waals surface area contributed by atoms with Crippen molar-refractivity contribution in [1.82, 2.24) is 0 Å². The number of hydrogen-bond donors (Lipinski definition) is 0. The molecule has 3 unspecified atom stereocenters. The molecule has 0 aromatic heterocycles. The summed E-state index contributed by atoms with van der Waals surface area (Å²) >= 11 is 10.7. The number of esters is 3. The van der Waals surface area contributed by atoms with Crippen LogP contribution in [0.2, 0.25) is 131 Å². The zero-order chi connectivity index (χ0) is 100. The maximum absolute atomic E-state index is 12.9. The van der Waals surface area contributed by atoms with Gasteiger partial charge in [0.05, 0.1) is 48.4 Å². The van der Waals surface area contributed by atoms with E-state index in [-0.39, 0.29) is 62.9 Å². The zero-order valence-electron chi connectivity index (χ0n) is 85.9. The smallest absolute Gasteiger partial charge is 0.343 e. The van der Waals surface area contributed by atoms with Crippen molar-refractivity contribution < 1.29 is 86.1 Å². The van der Waals surface area contributed by atoms with E-state index >= 15 is 0 Å². The number of hydrogen-bond acceptors (Lipinski definition) is 19. The predicted octanol–water partition coefficient (Wildman–Crippen LogP) is 35.6. The fourth-order valence-electron chi connectivity index (χ4n) is 15.5. The fraction of sp³-hybridized carbons (Fsp3) is 0.486. The fourth-order valence-corrected chi connectivity index (χ4v) is 53.6. The van der Waals surface area contributed by atoms with Crippen LogP contribution in [0.1, 0.15) is 213 Å². The molecule has 0 radical (unpaired) electrons. The summed E-state index contributed by atoms with van der Waals surface area (Å²) in [7, 11) is -17.0. The first-order valence-corrected chi connectivity index (χ1v) is 77.9. The van der Waals surface area contributed by atoms with Gasteiger partial charge in [-0.15, -0.1) is 0 Å². The lowest BCUT2D eigenvalue weighted by atomic mass is 10.1. The van der Waals surface area contributed by atoms with Crippen LogP contribution in [0, 0.1) is 0 Å². The van der Waals surface area contributed by atoms with Crippen molar-refractivity contribution in [3.05, 3.63) is 230 Å². The van der Waals surface area contributed by atoms with Crippen LogP contribution in [0.15, 0.2) is 214 Å². The Kier molecular flexibility index (Phi) is 58.7. The summed E-state index contributed by atoms with van der Waals surface area (Å²) in [6, 6.07) is 62.4. The van der Waals surface area contributed by atoms with Crippen molar-refractivity contribution in [3.63, 3.8) is 0 Å². The molecule has 0 amide bonds. The third-order valence-corrected chi connectivity index (χ3v) is 51.7. The predicted molar refractivity (Wildman–Crippen MR) is 629 cm³/mol. The Balaban J connectivity index is 0.00000105. The number of unbranched alkanes of at least 4 members (excludes halogenated alkanes) is 9. The highest BCUT2D eigenvalue weighted by Crippen LogP contribution is 2.37. The minimum Gasteiger partial charge on any atom is -0.494 e. The van der Waals surface area contributed by atoms with Gasteiger partial charge in [-0.25, -0.2) is 14.4 Å². The maximum atomic E-state index is 12.9. The topological polar surface area (TPSA) is 199 Å². The van der Waals surface area contributed by atoms with Crippen LogP contribution < -0.4 is 42.6 Å². The van der Waals surface area contributed by atoms with E-state index in [4.69, 9.17) is 71.7 Å². The molecule has 9 aromatic carbocycles. The van der Waals surface area contributed by atoms with Gasteiger partial charge in [-0.1, -0.05) is 196 Å². The summed E-state index contributed by atoms with van der Waals surface area (Å²) < 4.78 is 100. The van der Waals surface area contributed by atoms with Gasteiger partial charge in [-0.05, 0) is 399 Å². The lowest BCUT2D eigenvalue weighted by Crippen LogP contribution is -2.57. The zero-order valence-corrected chi connectivity index (χ0v) is 99.7. The van der Waals surface area contributed by atoms with Crippen molar-refractivity contribution in [2.24, 2.45) is 0 Å². The minimum atomic E-state index is -2.41. The Labute approximate surface area is 893 Å². The second-order valence-corrected chi connectivity index (χ2v) is 79.3. The third kappa shape index (κ3) is 50.3. The van der Waals surface area contributed by atoms with E-state index in [1.165, 1.54) is 57.8 Å². The number of carbonyl (C=O) groups excluding carboxylic acids is 3. The molecule has 142 heavy (non-hydrogen) atoms. The first-order valence-electron chi connectivity index (χ1n) is 48.0. The van der Waals surface area contributed by atoms with Crippen LogP contribution in [0.25, 0.3) is 33.4 Å². The molecule has 0 saturated heterocycles. The quantitative estimate of drug-likeness (QED) is 0.0151. The summed E-state index contributed by atoms with van der Waals surface area (Å²) in [6.07, 6.45) is 19.5. The number of rotatable bonds is 52. The van der Waals surface area contributed by atoms with E-state index in [0.29, 0.717) is 52.6 Å². The van der Waals surface area contributed by atoms with Gasteiger partial charge in [-0.3, -0.25) is 0 Å². The lowest BCUT2D eigenvalue weighted by Gasteiger charge is -2.40. The molecule has 19 nitrogen and oxygen atoms in total. The van der Waals surface area contributed by atoms with Crippen LogP contribution in [-0.4, -0.2) is 138 Å². The minimum absolute atomic E-state index is 0. The van der Waals surface area contributed by atoms with Gasteiger partial charge in [-0.2, -0.15) is 0 Å². The second-order valence-electron chi connectivity index (χ2n) is 40.4. The van der Waals surface area contributed by atoms with Gasteiger partial charge in [0, 0.05) is 7.11 Å². The number of ether oxygens (including phenoxy) is 9. The van der Waals surface area contributed by atoms with Gasteiger partial charge in [0.1, 0.15) is 70.4 Å². The highest BCUT2D eigenvalue weighted by Gasteiger charge is 2.44. The number of carbonyl (C=O) groups is 3. The van der Waals surface area contributed by atoms with E-state index in [9.17, 15) is 14.4 Å². The Morgan fingerprint density at radius 2 is 0.479 bits per heavy atom. The SMILES string of the molecule is C.C.C.C.C.C.CCCCCCC(C)Oc1ccc(C(=O)Oc2ccc(-c3ccc(OC[Si](C)(C)O[Si](C)(C)OC)cc3)cc2)cc1Br.CCCCCCC(C)Oc1ccc(C(=O)Oc2ccc(-c3ccc(OC[Si](C)(C)O[Si](C)(C)O[Si](C)(C)C)cc3)cc2)cc1Br.CCCCCCC(C)Oc1ccc(C(=O)Oc2ccc(-c3ccc(OC[Si](C)(C)O[Si](C)(C)O[Si](C)(C)O[Si](C)(C)C)cc3)cc2)cc1Br. The van der Waals surface area contributed by atoms with E-state index in [1.54, 1.807) is 55.6 Å². The van der Waals surface area contributed by atoms with E-state index in [0.717, 1.165) is 120 Å². The molecule has 0 spiro atoms. The molecule has 0 aliphatic carbocycles. The molecule has 9 aromatic rings. The van der Waals surface area contributed by atoms with Gasteiger partial charge in [0.25, 0.3) is 0 Å². The van der Waals surface area contributed by atoms with Gasteiger partial charge >= 0.3 is 52.2 Å². The highest BCUT2D eigenvalue weighted by molar-refractivity contribution is 9.11. The lowest BCUT2D eigenvalue weighted by molar-refractivity contribution is 0.0725. The Bertz CT molecular complexity index is 5160. The maximum Gasteiger partial charge on any atom is 0.343 e. The monoisotopic (exact) mass is 2300 g/mol. The van der Waals surface area contributed by atoms with Crippen LogP contribution in [-0.2, 0) is 29.1 Å². The summed E-state index contributed by atoms with van der Waals surface area (Å²) in [4.78, 5) is 38.6. The van der Waals surface area contributed by atoms with Gasteiger partial charge in [0.15, 0.2) is 16.6 Å². The summed E-state index contributed by atoms with van der Waals surface area (Å²) in [5.74, 6) is 4.76. The van der Waals surface area contributed by atoms with Crippen LogP contribution >= 0.6 is 47.8 Å². The molecule has 0 aliphatic heterocycles. The summed E-state index contributed by atoms with van der Waals surface area (Å²) in [6.45, 7) is 55.8. The molecule has 3 atom stereocenters. The molecular formula is C111H177Br3O19Si9. The van der Waals surface area contributed by atoms with Crippen LogP contribution in [0.3, 0.4) is 0 Å². The Morgan fingerprint density at radius 3 is 0.690 bits per heavy atom. The van der Waals surface area contributed by atoms with E-state index in [1.807, 2.05) is 165 Å². The largest absolute Gasteiger partial charge is 0.494 e. The number of halogens is 3. The molecular weight excluding hydrogens is 2130 g/mol. The number of benzene rings is 9. The van der Waals surface area contributed by atoms with Crippen LogP contribution in [0.4, 0.5) is 0 Å². The molecule has 0 bridgehead atoms. The van der Waals surface area contributed by atoms with Gasteiger partial charge < -0.3 is 71.7 Å². The molecule has 0 aliphatic rings. The standard InChI is InChI=1S/C37H57BrO7Si4.C35H51BrO6Si3.C33H45BrO6Si2.6CH4/c1-12-13-14-15-16-29(2)41-36-26-21-32(27-35(36)38)37(39)42-34-24-19-31(20-25-34)30-17-22-33(23-18-30)40-28-47(6,7)44-49(10,11)45-48(8,9)43-46(3,4)5;1-10-11-12-13-14-27(2)39-34-24-19-30(25-33(34)36)35(37)40-32-22-17-29(18-23-32)28-15-20-31(21-16-28)38-26-44(6,7)42-45(8,9)41-43(3,4)5;1-8-9-10-11-12-25(2)38-32-22-17-28(23-31(32)34)33(35)39-30-20-15-27(16-21-30)26-13-18-29(19-14-26)37-24-41(4,5)40-42(6,7)36-3;;;;;;/h17-27,29H,12-16,28H2,1-11H3;15-25,27H,10-14,26H2,1-9H3;13-23,25H,8-12,24H2,1-7H3;6*1H4. The third-order valence-electron chi connectivity index (χ3n) is 21.1. The molecule has 0 saturated carbocycles. The molecule has 31 heteroatoms. The van der Waals surface area contributed by atoms with E-state index in [2.05, 4.69) is 207 Å². The van der Waals surface area contributed by atoms with Gasteiger partial charge in [0.2, 0.25) is 25.0 Å². The van der Waals surface area contributed by atoms with Crippen molar-refractivity contribution in [3.8, 4) is 85.1 Å². The first kappa shape index (κ1) is 133. The molecule has 0 heterocycles. The Hall–Kier alpha value is -6.70. The molecule has 0 fully saturated rings. The average molecular weight is 2310 g/mol. The summed E-state index contributed by atoms with van der Waals surface area (Å²) in [5, 5.41) is 0. The average Bonchev–Trinajstić information content (AvgIpc) is 0.818. The van der Waals surface area contributed by atoms with Crippen molar-refractivity contribution in [2.75, 3.05) is 25.8 Å². The van der Waals surface area contributed by atoms with Crippen molar-refractivity contribution in [2.45, 2.75) is 332 Å². The van der Waals surface area contributed by atoms with Crippen molar-refractivity contribution in [1.29, 1.82) is 0 Å².